The van der Waals surface area contributed by atoms with Crippen molar-refractivity contribution in [1.82, 2.24) is 4.98 Å². The maximum Gasteiger partial charge on any atom is 0.222 e. The van der Waals surface area contributed by atoms with Gasteiger partial charge in [-0.05, 0) is 97.0 Å². The summed E-state index contributed by atoms with van der Waals surface area (Å²) in [4.78, 5) is 3.68. The molecular weight excluding hydrogens is 488 g/mol. The first-order valence-corrected chi connectivity index (χ1v) is 14.6. The molecule has 5 nitrogen and oxygen atoms in total. The van der Waals surface area contributed by atoms with Crippen molar-refractivity contribution in [3.05, 3.63) is 35.2 Å². The predicted molar refractivity (Wildman–Crippen MR) is 141 cm³/mol. The van der Waals surface area contributed by atoms with Gasteiger partial charge in [-0.15, -0.1) is 0 Å². The molecule has 0 spiro atoms. The number of rotatable bonds is 7. The van der Waals surface area contributed by atoms with Gasteiger partial charge in [0.15, 0.2) is 0 Å². The molecular formula is C31H45F2NO4. The standard InChI is InChI=1S/C31H45F2NO4/c1-17(6-5-7-23(35)27-25(38-4)12-15-34-29(27)33)18-8-9-19-26-20(10-13-30(18,19)2)31(3)14-11-24(36)28(37)21(31)16-22(26)32/h12,15,17-21,23-24,28,35-37H,5-11,13-14,16H2,1-4H3/t17-,18-,19+,20+,21+,23?,24+,28-,30-,31-/m1/s1. The number of aromatic nitrogens is 1. The Bertz CT molecular complexity index is 1060. The van der Waals surface area contributed by atoms with Crippen molar-refractivity contribution < 1.29 is 28.8 Å². The molecule has 0 aromatic carbocycles. The summed E-state index contributed by atoms with van der Waals surface area (Å²) in [7, 11) is 1.46. The van der Waals surface area contributed by atoms with Crippen molar-refractivity contribution in [1.29, 1.82) is 0 Å². The summed E-state index contributed by atoms with van der Waals surface area (Å²) in [6.45, 7) is 6.87. The van der Waals surface area contributed by atoms with Gasteiger partial charge in [0.05, 0.1) is 31.0 Å². The second-order valence-electron chi connectivity index (χ2n) is 13.2. The normalized spacial score (nSPS) is 40.2. The van der Waals surface area contributed by atoms with Crippen LogP contribution in [0.4, 0.5) is 8.78 Å². The van der Waals surface area contributed by atoms with Crippen LogP contribution in [-0.4, -0.2) is 39.6 Å². The van der Waals surface area contributed by atoms with Gasteiger partial charge in [0.1, 0.15) is 11.6 Å². The highest BCUT2D eigenvalue weighted by molar-refractivity contribution is 5.33. The topological polar surface area (TPSA) is 82.8 Å². The Hall–Kier alpha value is -1.57. The van der Waals surface area contributed by atoms with E-state index in [0.29, 0.717) is 30.4 Å². The first-order chi connectivity index (χ1) is 18.0. The SMILES string of the molecule is COc1ccnc(F)c1C(O)CCC[C@@H](C)[C@H]1CC[C@H]2C3=C(F)C[C@H]4[C@@H](O)[C@@H](O)CC[C@]4(C)[C@H]3CC[C@]12C. The third-order valence-corrected chi connectivity index (χ3v) is 11.6. The molecule has 3 fully saturated rings. The van der Waals surface area contributed by atoms with Gasteiger partial charge < -0.3 is 20.1 Å². The molecule has 0 bridgehead atoms. The fraction of sp³-hybridized carbons (Fsp3) is 0.774. The quantitative estimate of drug-likeness (QED) is 0.360. The number of methoxy groups -OCH3 is 1. The predicted octanol–water partition coefficient (Wildman–Crippen LogP) is 6.28. The summed E-state index contributed by atoms with van der Waals surface area (Å²) >= 11 is 0. The average Bonchev–Trinajstić information content (AvgIpc) is 3.24. The summed E-state index contributed by atoms with van der Waals surface area (Å²) in [5, 5.41) is 31.7. The van der Waals surface area contributed by atoms with Crippen LogP contribution in [0.2, 0.25) is 0 Å². The van der Waals surface area contributed by atoms with Crippen LogP contribution in [0.3, 0.4) is 0 Å². The fourth-order valence-electron chi connectivity index (χ4n) is 9.45. The van der Waals surface area contributed by atoms with E-state index in [1.54, 1.807) is 6.07 Å². The first kappa shape index (κ1) is 28.0. The van der Waals surface area contributed by atoms with Crippen molar-refractivity contribution in [2.45, 2.75) is 103 Å². The highest BCUT2D eigenvalue weighted by Crippen LogP contribution is 2.68. The van der Waals surface area contributed by atoms with E-state index in [4.69, 9.17) is 4.74 Å². The number of aliphatic hydroxyl groups is 3. The molecule has 1 unspecified atom stereocenters. The molecule has 4 aliphatic carbocycles. The Morgan fingerprint density at radius 2 is 1.76 bits per heavy atom. The summed E-state index contributed by atoms with van der Waals surface area (Å²) in [5.41, 5.74) is 1.04. The van der Waals surface area contributed by atoms with E-state index < -0.39 is 24.3 Å². The minimum atomic E-state index is -0.965. The van der Waals surface area contributed by atoms with Crippen LogP contribution in [0.25, 0.3) is 0 Å². The Morgan fingerprint density at radius 3 is 2.50 bits per heavy atom. The summed E-state index contributed by atoms with van der Waals surface area (Å²) in [6, 6.07) is 1.57. The molecule has 3 N–H and O–H groups in total. The largest absolute Gasteiger partial charge is 0.496 e. The molecule has 0 saturated heterocycles. The third kappa shape index (κ3) is 4.41. The van der Waals surface area contributed by atoms with Crippen LogP contribution >= 0.6 is 0 Å². The maximum atomic E-state index is 15.9. The van der Waals surface area contributed by atoms with Gasteiger partial charge in [0.2, 0.25) is 5.95 Å². The number of aliphatic hydroxyl groups excluding tert-OH is 3. The lowest BCUT2D eigenvalue weighted by molar-refractivity contribution is -0.128. The van der Waals surface area contributed by atoms with Crippen molar-refractivity contribution >= 4 is 0 Å². The van der Waals surface area contributed by atoms with Gasteiger partial charge >= 0.3 is 0 Å². The van der Waals surface area contributed by atoms with E-state index in [1.807, 2.05) is 0 Å². The lowest BCUT2D eigenvalue weighted by Gasteiger charge is -2.59. The molecule has 38 heavy (non-hydrogen) atoms. The minimum Gasteiger partial charge on any atom is -0.496 e. The van der Waals surface area contributed by atoms with Crippen LogP contribution in [0.1, 0.15) is 96.6 Å². The third-order valence-electron chi connectivity index (χ3n) is 11.6. The van der Waals surface area contributed by atoms with E-state index in [-0.39, 0.29) is 46.4 Å². The van der Waals surface area contributed by atoms with Crippen molar-refractivity contribution in [3.63, 3.8) is 0 Å². The Morgan fingerprint density at radius 1 is 1.05 bits per heavy atom. The second kappa shape index (κ2) is 10.4. The number of hydrogen-bond donors (Lipinski definition) is 3. The fourth-order valence-corrected chi connectivity index (χ4v) is 9.45. The van der Waals surface area contributed by atoms with Crippen molar-refractivity contribution in [3.8, 4) is 5.75 Å². The molecule has 212 valence electrons. The number of halogens is 2. The van der Waals surface area contributed by atoms with Crippen LogP contribution in [0, 0.1) is 46.4 Å². The van der Waals surface area contributed by atoms with E-state index in [2.05, 4.69) is 25.8 Å². The number of pyridine rings is 1. The molecule has 0 radical (unpaired) electrons. The van der Waals surface area contributed by atoms with Gasteiger partial charge in [-0.3, -0.25) is 0 Å². The average molecular weight is 534 g/mol. The monoisotopic (exact) mass is 533 g/mol. The van der Waals surface area contributed by atoms with Crippen LogP contribution in [0.5, 0.6) is 5.75 Å². The zero-order valence-corrected chi connectivity index (χ0v) is 23.3. The molecule has 5 rings (SSSR count). The van der Waals surface area contributed by atoms with E-state index in [9.17, 15) is 19.7 Å². The Labute approximate surface area is 225 Å². The maximum absolute atomic E-state index is 15.9. The van der Waals surface area contributed by atoms with E-state index >= 15 is 4.39 Å². The number of allylic oxidation sites excluding steroid dienone is 2. The van der Waals surface area contributed by atoms with Gasteiger partial charge in [0.25, 0.3) is 0 Å². The van der Waals surface area contributed by atoms with Gasteiger partial charge in [-0.2, -0.15) is 4.39 Å². The van der Waals surface area contributed by atoms with E-state index in [1.165, 1.54) is 13.3 Å². The van der Waals surface area contributed by atoms with Crippen molar-refractivity contribution in [2.75, 3.05) is 7.11 Å². The van der Waals surface area contributed by atoms with Gasteiger partial charge in [0, 0.05) is 12.6 Å². The first-order valence-electron chi connectivity index (χ1n) is 14.6. The lowest BCUT2D eigenvalue weighted by atomic mass is 9.47. The Kier molecular flexibility index (Phi) is 7.69. The molecule has 1 aromatic rings. The number of hydrogen-bond acceptors (Lipinski definition) is 5. The van der Waals surface area contributed by atoms with Crippen molar-refractivity contribution in [2.24, 2.45) is 40.4 Å². The lowest BCUT2D eigenvalue weighted by Crippen LogP contribution is -2.55. The van der Waals surface area contributed by atoms with E-state index in [0.717, 1.165) is 50.5 Å². The molecule has 7 heteroatoms. The highest BCUT2D eigenvalue weighted by atomic mass is 19.1. The molecule has 4 aliphatic rings. The molecule has 3 saturated carbocycles. The molecule has 0 amide bonds. The summed E-state index contributed by atoms with van der Waals surface area (Å²) in [5.74, 6) is 0.660. The zero-order chi connectivity index (χ0) is 27.4. The number of ether oxygens (including phenoxy) is 1. The summed E-state index contributed by atoms with van der Waals surface area (Å²) in [6.07, 6.45) is 6.62. The number of fused-ring (bicyclic) bond motifs is 5. The second-order valence-corrected chi connectivity index (χ2v) is 13.2. The molecule has 1 aromatic heterocycles. The molecule has 1 heterocycles. The van der Waals surface area contributed by atoms with Crippen LogP contribution in [0.15, 0.2) is 23.7 Å². The zero-order valence-electron chi connectivity index (χ0n) is 23.3. The van der Waals surface area contributed by atoms with Crippen LogP contribution in [-0.2, 0) is 0 Å². The van der Waals surface area contributed by atoms with Gasteiger partial charge in [-0.1, -0.05) is 33.6 Å². The number of nitrogens with zero attached hydrogens (tertiary/aromatic N) is 1. The molecule has 0 aliphatic heterocycles. The molecule has 10 atom stereocenters. The smallest absolute Gasteiger partial charge is 0.222 e. The Balaban J connectivity index is 1.27. The minimum absolute atomic E-state index is 0.0228. The summed E-state index contributed by atoms with van der Waals surface area (Å²) < 4.78 is 35.4. The van der Waals surface area contributed by atoms with Crippen LogP contribution < -0.4 is 4.74 Å². The van der Waals surface area contributed by atoms with Gasteiger partial charge in [-0.25, -0.2) is 9.37 Å². The highest BCUT2D eigenvalue weighted by Gasteiger charge is 2.61.